The van der Waals surface area contributed by atoms with Crippen molar-refractivity contribution in [3.63, 3.8) is 0 Å². The predicted octanol–water partition coefficient (Wildman–Crippen LogP) is 4.18. The van der Waals surface area contributed by atoms with Crippen LogP contribution in [0.5, 0.6) is 0 Å². The Hall–Kier alpha value is 0.539. The van der Waals surface area contributed by atoms with E-state index in [1.54, 1.807) is 0 Å². The zero-order chi connectivity index (χ0) is 9.23. The van der Waals surface area contributed by atoms with Crippen LogP contribution < -0.4 is 0 Å². The molecule has 0 aromatic rings. The second-order valence-electron chi connectivity index (χ2n) is 4.03. The first kappa shape index (κ1) is 16.0. The Labute approximate surface area is 101 Å². The molecule has 0 saturated heterocycles. The van der Waals surface area contributed by atoms with E-state index in [4.69, 9.17) is 0 Å². The third-order valence-corrected chi connectivity index (χ3v) is 2.19. The fourth-order valence-corrected chi connectivity index (χ4v) is 1.37. The topological polar surface area (TPSA) is 0 Å². The van der Waals surface area contributed by atoms with Gasteiger partial charge in [0, 0.05) is 23.9 Å². The van der Waals surface area contributed by atoms with E-state index in [2.05, 4.69) is 20.4 Å². The van der Waals surface area contributed by atoms with Crippen LogP contribution in [-0.2, 0) is 0 Å². The molecule has 1 heteroatoms. The van der Waals surface area contributed by atoms with Crippen molar-refractivity contribution in [1.29, 1.82) is 0 Å². The summed E-state index contributed by atoms with van der Waals surface area (Å²) in [6.07, 6.45) is 11.6. The molecule has 0 aromatic carbocycles. The van der Waals surface area contributed by atoms with Crippen molar-refractivity contribution >= 4 is 23.9 Å². The quantitative estimate of drug-likeness (QED) is 0.357. The Morgan fingerprint density at radius 3 is 2.08 bits per heavy atom. The van der Waals surface area contributed by atoms with Gasteiger partial charge in [0.2, 0.25) is 0 Å². The van der Waals surface area contributed by atoms with Gasteiger partial charge in [-0.25, -0.2) is 0 Å². The normalized spacial score (nSPS) is 9.77. The maximum absolute atomic E-state index is 3.72. The van der Waals surface area contributed by atoms with Gasteiger partial charge < -0.3 is 0 Å². The van der Waals surface area contributed by atoms with E-state index in [0.717, 1.165) is 5.92 Å². The van der Waals surface area contributed by atoms with Crippen LogP contribution in [0.2, 0.25) is 0 Å². The van der Waals surface area contributed by atoms with Crippen LogP contribution in [0.3, 0.4) is 0 Å². The van der Waals surface area contributed by atoms with E-state index in [-0.39, 0.29) is 23.9 Å². The van der Waals surface area contributed by atoms with Crippen molar-refractivity contribution in [2.24, 2.45) is 5.92 Å². The summed E-state index contributed by atoms with van der Waals surface area (Å²) in [5.41, 5.74) is 0. The van der Waals surface area contributed by atoms with Gasteiger partial charge in [0.1, 0.15) is 0 Å². The first-order valence-electron chi connectivity index (χ1n) is 5.38. The molecule has 0 rings (SSSR count). The molecule has 0 spiro atoms. The van der Waals surface area contributed by atoms with Gasteiger partial charge >= 0.3 is 0 Å². The van der Waals surface area contributed by atoms with Crippen LogP contribution in [0.4, 0.5) is 0 Å². The van der Waals surface area contributed by atoms with Crippen molar-refractivity contribution in [1.82, 2.24) is 0 Å². The molecular weight excluding hydrogens is 263 g/mol. The monoisotopic (exact) mass is 288 g/mol. The molecule has 0 nitrogen and oxygen atoms in total. The Kier molecular flexibility index (Phi) is 15.4. The molecule has 0 heterocycles. The van der Waals surface area contributed by atoms with Gasteiger partial charge in [-0.2, -0.15) is 0 Å². The van der Waals surface area contributed by atoms with E-state index < -0.39 is 0 Å². The minimum absolute atomic E-state index is 0. The summed E-state index contributed by atoms with van der Waals surface area (Å²) in [6.45, 7) is 8.32. The van der Waals surface area contributed by atoms with Crippen molar-refractivity contribution < 1.29 is 0 Å². The molecule has 0 amide bonds. The molecule has 0 unspecified atom stereocenters. The summed E-state index contributed by atoms with van der Waals surface area (Å²) < 4.78 is 0. The van der Waals surface area contributed by atoms with Crippen LogP contribution in [0, 0.1) is 5.92 Å². The number of rotatable bonds is 8. The summed E-state index contributed by atoms with van der Waals surface area (Å²) in [5.74, 6) is 0.887. The minimum Gasteiger partial charge on any atom is -0.103 e. The van der Waals surface area contributed by atoms with Crippen molar-refractivity contribution in [2.45, 2.75) is 58.8 Å². The SMILES string of the molecule is C=CCCCCCCCC(C)C.[Sn]. The first-order chi connectivity index (χ1) is 5.77. The molecule has 0 atom stereocenters. The average Bonchev–Trinajstić information content (AvgIpc) is 2.02. The summed E-state index contributed by atoms with van der Waals surface area (Å²) in [5, 5.41) is 0. The van der Waals surface area contributed by atoms with Gasteiger partial charge in [0.05, 0.1) is 0 Å². The van der Waals surface area contributed by atoms with E-state index in [9.17, 15) is 0 Å². The van der Waals surface area contributed by atoms with Crippen molar-refractivity contribution in [3.8, 4) is 0 Å². The molecule has 0 aromatic heterocycles. The molecule has 0 fully saturated rings. The van der Waals surface area contributed by atoms with Crippen LogP contribution in [0.15, 0.2) is 12.7 Å². The third kappa shape index (κ3) is 15.3. The maximum Gasteiger partial charge on any atom is 0 e. The fraction of sp³-hybridized carbons (Fsp3) is 0.833. The Morgan fingerprint density at radius 2 is 1.54 bits per heavy atom. The van der Waals surface area contributed by atoms with E-state index in [1.807, 2.05) is 6.08 Å². The Bertz CT molecular complexity index is 97.3. The van der Waals surface area contributed by atoms with Crippen LogP contribution in [0.25, 0.3) is 0 Å². The van der Waals surface area contributed by atoms with Gasteiger partial charge in [-0.3, -0.25) is 0 Å². The van der Waals surface area contributed by atoms with Crippen molar-refractivity contribution in [2.75, 3.05) is 0 Å². The van der Waals surface area contributed by atoms with Crippen LogP contribution in [0.1, 0.15) is 58.8 Å². The molecule has 13 heavy (non-hydrogen) atoms. The maximum atomic E-state index is 3.72. The average molecular weight is 287 g/mol. The molecular formula is C12H24Sn. The predicted molar refractivity (Wildman–Crippen MR) is 63.1 cm³/mol. The number of hydrogen-bond donors (Lipinski definition) is 0. The van der Waals surface area contributed by atoms with Gasteiger partial charge in [-0.1, -0.05) is 52.0 Å². The standard InChI is InChI=1S/C12H24.Sn/c1-4-5-6-7-8-9-10-11-12(2)3;/h4,12H,1,5-11H2,2-3H3;. The zero-order valence-corrected chi connectivity index (χ0v) is 12.2. The smallest absolute Gasteiger partial charge is 0 e. The Balaban J connectivity index is 0. The molecule has 0 N–H and O–H groups in total. The molecule has 76 valence electrons. The Morgan fingerprint density at radius 1 is 1.00 bits per heavy atom. The second kappa shape index (κ2) is 12.5. The number of hydrogen-bond acceptors (Lipinski definition) is 0. The van der Waals surface area contributed by atoms with Gasteiger partial charge in [0.15, 0.2) is 0 Å². The van der Waals surface area contributed by atoms with Gasteiger partial charge in [0.25, 0.3) is 0 Å². The third-order valence-electron chi connectivity index (χ3n) is 2.19. The van der Waals surface area contributed by atoms with E-state index in [0.29, 0.717) is 0 Å². The van der Waals surface area contributed by atoms with Gasteiger partial charge in [-0.15, -0.1) is 6.58 Å². The molecule has 4 radical (unpaired) electrons. The van der Waals surface area contributed by atoms with E-state index >= 15 is 0 Å². The van der Waals surface area contributed by atoms with E-state index in [1.165, 1.54) is 44.9 Å². The minimum atomic E-state index is 0. The summed E-state index contributed by atoms with van der Waals surface area (Å²) in [7, 11) is 0. The van der Waals surface area contributed by atoms with Crippen LogP contribution >= 0.6 is 0 Å². The molecule has 0 aliphatic heterocycles. The number of unbranched alkanes of at least 4 members (excludes halogenated alkanes) is 5. The first-order valence-corrected chi connectivity index (χ1v) is 5.38. The summed E-state index contributed by atoms with van der Waals surface area (Å²) >= 11 is 0. The largest absolute Gasteiger partial charge is 0.103 e. The summed E-state index contributed by atoms with van der Waals surface area (Å²) in [4.78, 5) is 0. The van der Waals surface area contributed by atoms with Gasteiger partial charge in [-0.05, 0) is 18.8 Å². The molecule has 0 aliphatic carbocycles. The fourth-order valence-electron chi connectivity index (χ4n) is 1.37. The molecule has 0 aliphatic rings. The number of allylic oxidation sites excluding steroid dienone is 1. The molecule has 0 bridgehead atoms. The zero-order valence-electron chi connectivity index (χ0n) is 9.31. The summed E-state index contributed by atoms with van der Waals surface area (Å²) in [6, 6.07) is 0. The second-order valence-corrected chi connectivity index (χ2v) is 4.03. The van der Waals surface area contributed by atoms with Crippen molar-refractivity contribution in [3.05, 3.63) is 12.7 Å². The molecule has 0 saturated carbocycles. The van der Waals surface area contributed by atoms with Crippen LogP contribution in [-0.4, -0.2) is 23.9 Å².